The summed E-state index contributed by atoms with van der Waals surface area (Å²) in [5.41, 5.74) is 3.88. The van der Waals surface area contributed by atoms with E-state index in [2.05, 4.69) is 48.3 Å². The van der Waals surface area contributed by atoms with E-state index in [4.69, 9.17) is 4.74 Å². The van der Waals surface area contributed by atoms with Gasteiger partial charge < -0.3 is 10.1 Å². The van der Waals surface area contributed by atoms with E-state index in [1.807, 2.05) is 24.3 Å². The van der Waals surface area contributed by atoms with Gasteiger partial charge in [-0.15, -0.1) is 0 Å². The fourth-order valence-corrected chi connectivity index (χ4v) is 3.80. The molecule has 0 aliphatic carbocycles. The van der Waals surface area contributed by atoms with Gasteiger partial charge >= 0.3 is 0 Å². The van der Waals surface area contributed by atoms with Gasteiger partial charge in [-0.2, -0.15) is 0 Å². The molecule has 144 valence electrons. The van der Waals surface area contributed by atoms with Crippen molar-refractivity contribution in [2.45, 2.75) is 39.3 Å². The predicted octanol–water partition coefficient (Wildman–Crippen LogP) is 3.44. The average Bonchev–Trinajstić information content (AvgIpc) is 2.68. The first-order chi connectivity index (χ1) is 13.1. The highest BCUT2D eigenvalue weighted by Gasteiger charge is 2.26. The zero-order valence-electron chi connectivity index (χ0n) is 16.6. The Morgan fingerprint density at radius 3 is 2.48 bits per heavy atom. The lowest BCUT2D eigenvalue weighted by atomic mass is 9.95. The van der Waals surface area contributed by atoms with Crippen molar-refractivity contribution < 1.29 is 9.53 Å². The third kappa shape index (κ3) is 5.10. The summed E-state index contributed by atoms with van der Waals surface area (Å²) >= 11 is 0. The molecule has 0 spiro atoms. The van der Waals surface area contributed by atoms with Gasteiger partial charge in [0.25, 0.3) is 0 Å². The van der Waals surface area contributed by atoms with Gasteiger partial charge in [-0.1, -0.05) is 50.2 Å². The Hall–Kier alpha value is -2.33. The lowest BCUT2D eigenvalue weighted by molar-refractivity contribution is -0.120. The Kier molecular flexibility index (Phi) is 6.51. The van der Waals surface area contributed by atoms with Crippen molar-refractivity contribution in [3.05, 3.63) is 65.2 Å². The zero-order chi connectivity index (χ0) is 19.2. The van der Waals surface area contributed by atoms with Gasteiger partial charge in [0.2, 0.25) is 5.91 Å². The monoisotopic (exact) mass is 366 g/mol. The maximum Gasteiger partial charge on any atom is 0.224 e. The topological polar surface area (TPSA) is 41.6 Å². The quantitative estimate of drug-likeness (QED) is 0.816. The van der Waals surface area contributed by atoms with Crippen LogP contribution >= 0.6 is 0 Å². The van der Waals surface area contributed by atoms with Crippen LogP contribution < -0.4 is 10.1 Å². The van der Waals surface area contributed by atoms with Crippen LogP contribution in [0.3, 0.4) is 0 Å². The molecule has 0 saturated heterocycles. The molecule has 4 nitrogen and oxygen atoms in total. The summed E-state index contributed by atoms with van der Waals surface area (Å²) in [7, 11) is 1.65. The molecule has 2 aromatic carbocycles. The number of nitrogens with one attached hydrogen (secondary N) is 1. The van der Waals surface area contributed by atoms with E-state index in [0.29, 0.717) is 24.9 Å². The van der Waals surface area contributed by atoms with E-state index in [9.17, 15) is 4.79 Å². The minimum Gasteiger partial charge on any atom is -0.497 e. The SMILES string of the molecule is COc1ccc(CC(=O)NC[C@@H](C(C)C)N2CCc3ccccc3C2)cc1. The molecule has 1 aliphatic heterocycles. The molecular formula is C23H30N2O2. The van der Waals surface area contributed by atoms with Crippen LogP contribution in [0.1, 0.15) is 30.5 Å². The molecule has 1 aliphatic rings. The molecule has 1 atom stereocenters. The van der Waals surface area contributed by atoms with Crippen LogP contribution in [-0.4, -0.2) is 37.0 Å². The Morgan fingerprint density at radius 1 is 1.11 bits per heavy atom. The molecule has 0 unspecified atom stereocenters. The van der Waals surface area contributed by atoms with E-state index < -0.39 is 0 Å². The third-order valence-corrected chi connectivity index (χ3v) is 5.43. The standard InChI is InChI=1S/C23H30N2O2/c1-17(2)22(25-13-12-19-6-4-5-7-20(19)16-25)15-24-23(26)14-18-8-10-21(27-3)11-9-18/h4-11,17,22H,12-16H2,1-3H3,(H,24,26)/t22-/m0/s1. The van der Waals surface area contributed by atoms with Gasteiger partial charge in [0.05, 0.1) is 13.5 Å². The third-order valence-electron chi connectivity index (χ3n) is 5.43. The first-order valence-corrected chi connectivity index (χ1v) is 9.77. The summed E-state index contributed by atoms with van der Waals surface area (Å²) in [5, 5.41) is 3.15. The number of methoxy groups -OCH3 is 1. The van der Waals surface area contributed by atoms with Crippen LogP contribution in [0.25, 0.3) is 0 Å². The Bertz CT molecular complexity index is 755. The number of hydrogen-bond donors (Lipinski definition) is 1. The van der Waals surface area contributed by atoms with E-state index in [-0.39, 0.29) is 5.91 Å². The largest absolute Gasteiger partial charge is 0.497 e. The number of carbonyl (C=O) groups is 1. The molecule has 27 heavy (non-hydrogen) atoms. The molecular weight excluding hydrogens is 336 g/mol. The second-order valence-electron chi connectivity index (χ2n) is 7.63. The number of carbonyl (C=O) groups excluding carboxylic acids is 1. The van der Waals surface area contributed by atoms with Crippen molar-refractivity contribution >= 4 is 5.91 Å². The van der Waals surface area contributed by atoms with Crippen molar-refractivity contribution in [3.63, 3.8) is 0 Å². The minimum atomic E-state index is 0.0724. The number of nitrogens with zero attached hydrogens (tertiary/aromatic N) is 1. The average molecular weight is 367 g/mol. The zero-order valence-corrected chi connectivity index (χ0v) is 16.6. The molecule has 1 amide bonds. The molecule has 1 N–H and O–H groups in total. The molecule has 4 heteroatoms. The summed E-state index contributed by atoms with van der Waals surface area (Å²) in [4.78, 5) is 14.9. The van der Waals surface area contributed by atoms with Gasteiger partial charge in [0.15, 0.2) is 0 Å². The molecule has 0 radical (unpaired) electrons. The Labute approximate surface area is 162 Å². The summed E-state index contributed by atoms with van der Waals surface area (Å²) in [5.74, 6) is 1.36. The fourth-order valence-electron chi connectivity index (χ4n) is 3.80. The van der Waals surface area contributed by atoms with Crippen molar-refractivity contribution in [2.24, 2.45) is 5.92 Å². The number of fused-ring (bicyclic) bond motifs is 1. The second-order valence-corrected chi connectivity index (χ2v) is 7.63. The van der Waals surface area contributed by atoms with Crippen molar-refractivity contribution in [1.29, 1.82) is 0 Å². The Morgan fingerprint density at radius 2 is 1.81 bits per heavy atom. The van der Waals surface area contributed by atoms with Gasteiger partial charge in [-0.3, -0.25) is 9.69 Å². The first-order valence-electron chi connectivity index (χ1n) is 9.77. The van der Waals surface area contributed by atoms with E-state index in [1.165, 1.54) is 11.1 Å². The van der Waals surface area contributed by atoms with Gasteiger partial charge in [-0.05, 0) is 41.2 Å². The van der Waals surface area contributed by atoms with E-state index >= 15 is 0 Å². The summed E-state index contributed by atoms with van der Waals surface area (Å²) in [6, 6.07) is 16.7. The maximum absolute atomic E-state index is 12.4. The molecule has 2 aromatic rings. The predicted molar refractivity (Wildman–Crippen MR) is 109 cm³/mol. The maximum atomic E-state index is 12.4. The van der Waals surface area contributed by atoms with E-state index in [1.54, 1.807) is 7.11 Å². The van der Waals surface area contributed by atoms with Crippen LogP contribution in [0.5, 0.6) is 5.75 Å². The van der Waals surface area contributed by atoms with Crippen molar-refractivity contribution in [2.75, 3.05) is 20.2 Å². The van der Waals surface area contributed by atoms with Crippen LogP contribution in [0.2, 0.25) is 0 Å². The molecule has 3 rings (SSSR count). The van der Waals surface area contributed by atoms with Gasteiger partial charge in [0, 0.05) is 25.7 Å². The molecule has 0 bridgehead atoms. The Balaban J connectivity index is 1.56. The molecule has 0 aromatic heterocycles. The summed E-state index contributed by atoms with van der Waals surface area (Å²) in [6.07, 6.45) is 1.48. The highest BCUT2D eigenvalue weighted by atomic mass is 16.5. The van der Waals surface area contributed by atoms with Crippen LogP contribution in [0.15, 0.2) is 48.5 Å². The van der Waals surface area contributed by atoms with Crippen LogP contribution in [-0.2, 0) is 24.2 Å². The molecule has 1 heterocycles. The number of amides is 1. The second kappa shape index (κ2) is 9.05. The normalized spacial score (nSPS) is 15.3. The highest BCUT2D eigenvalue weighted by molar-refractivity contribution is 5.78. The summed E-state index contributed by atoms with van der Waals surface area (Å²) in [6.45, 7) is 7.18. The number of rotatable bonds is 7. The number of hydrogen-bond acceptors (Lipinski definition) is 3. The number of benzene rings is 2. The van der Waals surface area contributed by atoms with Crippen molar-refractivity contribution in [3.8, 4) is 5.75 Å². The van der Waals surface area contributed by atoms with Crippen LogP contribution in [0, 0.1) is 5.92 Å². The smallest absolute Gasteiger partial charge is 0.224 e. The van der Waals surface area contributed by atoms with Gasteiger partial charge in [-0.25, -0.2) is 0 Å². The molecule has 0 saturated carbocycles. The minimum absolute atomic E-state index is 0.0724. The van der Waals surface area contributed by atoms with Gasteiger partial charge in [0.1, 0.15) is 5.75 Å². The lowest BCUT2D eigenvalue weighted by Crippen LogP contribution is -2.48. The van der Waals surface area contributed by atoms with E-state index in [0.717, 1.165) is 30.8 Å². The lowest BCUT2D eigenvalue weighted by Gasteiger charge is -2.38. The fraction of sp³-hybridized carbons (Fsp3) is 0.435. The van der Waals surface area contributed by atoms with Crippen molar-refractivity contribution in [1.82, 2.24) is 10.2 Å². The highest BCUT2D eigenvalue weighted by Crippen LogP contribution is 2.22. The van der Waals surface area contributed by atoms with Crippen LogP contribution in [0.4, 0.5) is 0 Å². The first kappa shape index (κ1) is 19.4. The summed E-state index contributed by atoms with van der Waals surface area (Å²) < 4.78 is 5.17. The molecule has 0 fully saturated rings. The number of ether oxygens (including phenoxy) is 1.